The number of ether oxygens (including phenoxy) is 2. The quantitative estimate of drug-likeness (QED) is 0.0299. The lowest BCUT2D eigenvalue weighted by Crippen LogP contribution is -2.28. The largest absolute Gasteiger partial charge is 0.388 e. The molecule has 0 saturated carbocycles. The molecule has 0 spiro atoms. The van der Waals surface area contributed by atoms with Gasteiger partial charge in [0, 0.05) is 53.1 Å². The third kappa shape index (κ3) is 8.89. The summed E-state index contributed by atoms with van der Waals surface area (Å²) in [6.45, 7) is 4.27. The van der Waals surface area contributed by atoms with Crippen LogP contribution in [0, 0.1) is 11.8 Å². The molecule has 17 heteroatoms. The minimum atomic E-state index is -4.15. The minimum Gasteiger partial charge on any atom is -0.388 e. The fourth-order valence-electron chi connectivity index (χ4n) is 11.9. The van der Waals surface area contributed by atoms with Gasteiger partial charge >= 0.3 is 0 Å². The molecule has 2 bridgehead atoms. The lowest BCUT2D eigenvalue weighted by Gasteiger charge is -2.28. The number of nitrogens with one attached hydrogen (secondary N) is 2. The third-order valence-corrected chi connectivity index (χ3v) is 16.9. The maximum Gasteiger partial charge on any atom is 0.267 e. The predicted molar refractivity (Wildman–Crippen MR) is 281 cm³/mol. The first-order chi connectivity index (χ1) is 35.0. The first-order valence-electron chi connectivity index (χ1n) is 24.6. The number of amides is 2. The molecule has 5 N–H and O–H groups in total. The average Bonchev–Trinajstić information content (AvgIpc) is 3.72. The number of aliphatic imine (C=N–C) groups is 1. The number of allylic oxidation sites excluding steroid dienone is 2. The number of hydrogen-bond acceptors (Lipinski definition) is 11. The van der Waals surface area contributed by atoms with Crippen LogP contribution in [0.4, 0.5) is 5.69 Å². The van der Waals surface area contributed by atoms with Gasteiger partial charge in [-0.15, -0.1) is 0 Å². The topological polar surface area (TPSA) is 235 Å². The number of carbonyl (C=O) groups is 3. The third-order valence-electron chi connectivity index (χ3n) is 15.5. The normalized spacial score (nSPS) is 19.5. The van der Waals surface area contributed by atoms with E-state index in [1.807, 2.05) is 24.3 Å². The van der Waals surface area contributed by atoms with E-state index in [2.05, 4.69) is 66.9 Å². The van der Waals surface area contributed by atoms with E-state index in [4.69, 9.17) is 23.6 Å². The van der Waals surface area contributed by atoms with Crippen LogP contribution in [0.25, 0.3) is 54.2 Å². The van der Waals surface area contributed by atoms with E-state index < -0.39 is 37.8 Å². The van der Waals surface area contributed by atoms with Crippen LogP contribution in [0.15, 0.2) is 89.9 Å². The van der Waals surface area contributed by atoms with Crippen molar-refractivity contribution in [2.45, 2.75) is 51.6 Å². The Bertz CT molecular complexity index is 3770. The second kappa shape index (κ2) is 18.8. The summed E-state index contributed by atoms with van der Waals surface area (Å²) in [6, 6.07) is 27.9. The number of aryl methyl sites for hydroxylation is 1. The van der Waals surface area contributed by atoms with Crippen molar-refractivity contribution in [1.29, 1.82) is 0 Å². The van der Waals surface area contributed by atoms with Gasteiger partial charge in [-0.1, -0.05) is 67.6 Å². The minimum absolute atomic E-state index is 0.0506. The summed E-state index contributed by atoms with van der Waals surface area (Å²) in [5, 5.41) is 26.2. The summed E-state index contributed by atoms with van der Waals surface area (Å²) in [5.41, 5.74) is 10.9. The van der Waals surface area contributed by atoms with Crippen LogP contribution >= 0.6 is 0 Å². The van der Waals surface area contributed by atoms with Crippen LogP contribution in [0.2, 0.25) is 0 Å². The molecule has 0 radical (unpaired) electrons. The Morgan fingerprint density at radius 2 is 1.22 bits per heavy atom. The van der Waals surface area contributed by atoms with Crippen molar-refractivity contribution >= 4 is 103 Å². The zero-order valence-electron chi connectivity index (χ0n) is 40.2. The summed E-state index contributed by atoms with van der Waals surface area (Å²) < 4.78 is 72.4. The molecule has 7 aromatic rings. The van der Waals surface area contributed by atoms with Crippen LogP contribution in [0.1, 0.15) is 110 Å². The lowest BCUT2D eigenvalue weighted by atomic mass is 9.78. The molecule has 0 saturated heterocycles. The molecule has 0 aromatic heterocycles. The molecular weight excluding hydrogens is 971 g/mol. The first kappa shape index (κ1) is 48.8. The molecule has 1 aliphatic heterocycles. The number of aliphatic hydroxyl groups is 1. The van der Waals surface area contributed by atoms with Crippen molar-refractivity contribution in [3.8, 4) is 0 Å². The van der Waals surface area contributed by atoms with Gasteiger partial charge in [0.1, 0.15) is 0 Å². The van der Waals surface area contributed by atoms with Gasteiger partial charge in [-0.3, -0.25) is 28.5 Å². The number of aliphatic hydroxyl groups excluding tert-OH is 1. The van der Waals surface area contributed by atoms with Gasteiger partial charge in [0.25, 0.3) is 32.1 Å². The van der Waals surface area contributed by atoms with Crippen LogP contribution in [0.5, 0.6) is 0 Å². The second-order valence-corrected chi connectivity index (χ2v) is 22.8. The predicted octanol–water partition coefficient (Wildman–Crippen LogP) is 8.38. The highest BCUT2D eigenvalue weighted by molar-refractivity contribution is 7.86. The van der Waals surface area contributed by atoms with Crippen molar-refractivity contribution < 1.29 is 54.9 Å². The SMILES string of the molecule is CC1=C2CC(C(C)c3cc(C(=O)NCCOCCS(=O)(=O)O)ccc31)C(O)c1ccc3c4ccc5c6c(ccc(c7ccc2c1c73)c64)C1=Nc2cc(C(=O)NCCOCCS(=O)(=O)O)ccc2CCC1CC5=O. The van der Waals surface area contributed by atoms with Crippen LogP contribution in [-0.2, 0) is 36.1 Å². The smallest absolute Gasteiger partial charge is 0.267 e. The summed E-state index contributed by atoms with van der Waals surface area (Å²) in [7, 11) is -8.29. The summed E-state index contributed by atoms with van der Waals surface area (Å²) >= 11 is 0. The Morgan fingerprint density at radius 3 is 1.86 bits per heavy atom. The van der Waals surface area contributed by atoms with Gasteiger partial charge in [0.05, 0.1) is 55.4 Å². The number of benzene rings is 7. The van der Waals surface area contributed by atoms with Crippen molar-refractivity contribution in [3.63, 3.8) is 0 Å². The molecule has 4 atom stereocenters. The second-order valence-electron chi connectivity index (χ2n) is 19.7. The Hall–Kier alpha value is -6.44. The van der Waals surface area contributed by atoms with Crippen molar-refractivity contribution in [2.75, 3.05) is 51.0 Å². The number of rotatable bonds is 14. The molecule has 15 nitrogen and oxygen atoms in total. The molecular formula is C56H53N3O12S2. The highest BCUT2D eigenvalue weighted by Gasteiger charge is 2.39. The molecule has 2 amide bonds. The summed E-state index contributed by atoms with van der Waals surface area (Å²) in [5.74, 6) is -2.19. The Morgan fingerprint density at radius 1 is 0.658 bits per heavy atom. The van der Waals surface area contributed by atoms with Crippen molar-refractivity contribution in [2.24, 2.45) is 16.8 Å². The number of fused-ring (bicyclic) bond motifs is 9. The zero-order chi connectivity index (χ0) is 51.1. The molecule has 1 heterocycles. The fraction of sp³-hybridized carbons (Fsp3) is 0.321. The molecule has 376 valence electrons. The van der Waals surface area contributed by atoms with Crippen molar-refractivity contribution in [1.82, 2.24) is 10.6 Å². The van der Waals surface area contributed by atoms with E-state index in [-0.39, 0.29) is 81.3 Å². The van der Waals surface area contributed by atoms with E-state index in [1.165, 1.54) is 0 Å². The average molecular weight is 1020 g/mol. The Labute approximate surface area is 421 Å². The number of carbonyl (C=O) groups excluding carboxylic acids is 3. The lowest BCUT2D eigenvalue weighted by molar-refractivity contribution is 0.0916. The van der Waals surface area contributed by atoms with E-state index >= 15 is 0 Å². The number of nitrogens with zero attached hydrogens (tertiary/aromatic N) is 1. The van der Waals surface area contributed by atoms with E-state index in [0.717, 1.165) is 93.3 Å². The van der Waals surface area contributed by atoms with Gasteiger partial charge in [0.15, 0.2) is 5.78 Å². The number of Topliss-reactive ketones (excluding diaryl/α,β-unsaturated/α-hetero) is 1. The summed E-state index contributed by atoms with van der Waals surface area (Å²) in [4.78, 5) is 46.5. The number of ketones is 1. The van der Waals surface area contributed by atoms with E-state index in [1.54, 1.807) is 18.2 Å². The standard InChI is InChI=1S/C56H53N3O12S2/c1-29-35-8-7-33(55(62)57-17-19-70-21-23-72(64,65)66)25-44(35)30(2)46-28-45(29)40-10-9-36-38-12-15-42-52-41(14-11-37(50(38)52)39-13-16-43(54(46)61)51(40)49(36)39)48(60)27-32-5-3-31-4-6-34(26-47(31)59-53(32)42)56(63)58-18-20-71-22-24-73(67,68)69/h4,6-16,25-26,30,32,46,54,61H,3,5,17-24,27-28H2,1-2H3,(H,57,62)(H,58,63)(H,64,65,66)(H,67,68,69). The van der Waals surface area contributed by atoms with Crippen LogP contribution in [-0.4, -0.2) is 105 Å². The first-order valence-corrected chi connectivity index (χ1v) is 27.8. The Balaban J connectivity index is 0.968. The van der Waals surface area contributed by atoms with Crippen molar-refractivity contribution in [3.05, 3.63) is 135 Å². The van der Waals surface area contributed by atoms with Crippen LogP contribution in [0.3, 0.4) is 0 Å². The molecule has 3 aliphatic carbocycles. The monoisotopic (exact) mass is 1020 g/mol. The summed E-state index contributed by atoms with van der Waals surface area (Å²) in [6.07, 6.45) is 1.42. The molecule has 0 fully saturated rings. The maximum atomic E-state index is 14.5. The number of hydrogen-bond donors (Lipinski definition) is 5. The zero-order valence-corrected chi connectivity index (χ0v) is 41.8. The van der Waals surface area contributed by atoms with Crippen LogP contribution < -0.4 is 10.6 Å². The highest BCUT2D eigenvalue weighted by atomic mass is 32.2. The molecule has 73 heavy (non-hydrogen) atoms. The van der Waals surface area contributed by atoms with Gasteiger partial charge in [-0.05, 0) is 139 Å². The van der Waals surface area contributed by atoms with Gasteiger partial charge in [-0.25, -0.2) is 0 Å². The fourth-order valence-corrected chi connectivity index (χ4v) is 12.6. The van der Waals surface area contributed by atoms with Gasteiger partial charge in [0.2, 0.25) is 0 Å². The molecule has 4 aliphatic rings. The maximum absolute atomic E-state index is 14.5. The van der Waals surface area contributed by atoms with Gasteiger partial charge in [-0.2, -0.15) is 16.8 Å². The molecule has 4 unspecified atom stereocenters. The molecule has 7 aromatic carbocycles. The Kier molecular flexibility index (Phi) is 12.6. The van der Waals surface area contributed by atoms with Gasteiger partial charge < -0.3 is 25.2 Å². The highest BCUT2D eigenvalue weighted by Crippen LogP contribution is 2.55. The van der Waals surface area contributed by atoms with E-state index in [9.17, 15) is 36.3 Å². The van der Waals surface area contributed by atoms with E-state index in [0.29, 0.717) is 41.6 Å². The molecule has 11 rings (SSSR count).